The van der Waals surface area contributed by atoms with Crippen LogP contribution in [0.25, 0.3) is 12.2 Å². The Bertz CT molecular complexity index is 512. The molecule has 0 atom stereocenters. The van der Waals surface area contributed by atoms with Crippen LogP contribution in [-0.2, 0) is 0 Å². The minimum absolute atomic E-state index is 0.702. The average molecular weight is 303 g/mol. The predicted octanol–water partition coefficient (Wildman–Crippen LogP) is 5.02. The SMILES string of the molecule is CCOc1ccc(/C=C/c2ccc(Br)cc2)cc1. The van der Waals surface area contributed by atoms with Crippen molar-refractivity contribution >= 4 is 28.1 Å². The van der Waals surface area contributed by atoms with Crippen LogP contribution in [0.15, 0.2) is 53.0 Å². The van der Waals surface area contributed by atoms with Crippen molar-refractivity contribution in [3.05, 3.63) is 64.1 Å². The zero-order valence-electron chi connectivity index (χ0n) is 10.3. The van der Waals surface area contributed by atoms with E-state index in [1.54, 1.807) is 0 Å². The van der Waals surface area contributed by atoms with Crippen LogP contribution in [-0.4, -0.2) is 6.61 Å². The van der Waals surface area contributed by atoms with E-state index < -0.39 is 0 Å². The summed E-state index contributed by atoms with van der Waals surface area (Å²) in [4.78, 5) is 0. The molecule has 0 N–H and O–H groups in total. The first-order valence-corrected chi connectivity index (χ1v) is 6.74. The number of halogens is 1. The molecule has 18 heavy (non-hydrogen) atoms. The Balaban J connectivity index is 2.06. The van der Waals surface area contributed by atoms with Gasteiger partial charge < -0.3 is 4.74 Å². The zero-order chi connectivity index (χ0) is 12.8. The van der Waals surface area contributed by atoms with Crippen molar-refractivity contribution in [2.45, 2.75) is 6.92 Å². The van der Waals surface area contributed by atoms with E-state index in [-0.39, 0.29) is 0 Å². The molecule has 0 aliphatic heterocycles. The Labute approximate surface area is 116 Å². The van der Waals surface area contributed by atoms with Crippen molar-refractivity contribution < 1.29 is 4.74 Å². The van der Waals surface area contributed by atoms with E-state index in [0.717, 1.165) is 10.2 Å². The average Bonchev–Trinajstić information content (AvgIpc) is 2.40. The molecule has 0 amide bonds. The summed E-state index contributed by atoms with van der Waals surface area (Å²) in [6, 6.07) is 16.3. The van der Waals surface area contributed by atoms with Crippen molar-refractivity contribution in [3.63, 3.8) is 0 Å². The molecular formula is C16H15BrO. The van der Waals surface area contributed by atoms with Gasteiger partial charge in [0.2, 0.25) is 0 Å². The smallest absolute Gasteiger partial charge is 0.119 e. The molecule has 0 saturated heterocycles. The van der Waals surface area contributed by atoms with Crippen LogP contribution in [0, 0.1) is 0 Å². The lowest BCUT2D eigenvalue weighted by Crippen LogP contribution is -1.90. The molecule has 0 saturated carbocycles. The number of hydrogen-bond acceptors (Lipinski definition) is 1. The molecule has 0 heterocycles. The first-order chi connectivity index (χ1) is 8.78. The summed E-state index contributed by atoms with van der Waals surface area (Å²) in [6.45, 7) is 2.69. The van der Waals surface area contributed by atoms with Crippen molar-refractivity contribution in [2.24, 2.45) is 0 Å². The quantitative estimate of drug-likeness (QED) is 0.721. The molecule has 0 aromatic heterocycles. The second-order valence-corrected chi connectivity index (χ2v) is 4.80. The Morgan fingerprint density at radius 1 is 0.889 bits per heavy atom. The van der Waals surface area contributed by atoms with Gasteiger partial charge in [0.1, 0.15) is 5.75 Å². The van der Waals surface area contributed by atoms with E-state index in [1.807, 2.05) is 31.2 Å². The lowest BCUT2D eigenvalue weighted by atomic mass is 10.1. The van der Waals surface area contributed by atoms with E-state index in [2.05, 4.69) is 52.3 Å². The van der Waals surface area contributed by atoms with Gasteiger partial charge in [-0.15, -0.1) is 0 Å². The van der Waals surface area contributed by atoms with Crippen LogP contribution in [0.4, 0.5) is 0 Å². The Morgan fingerprint density at radius 2 is 1.39 bits per heavy atom. The number of benzene rings is 2. The molecule has 0 unspecified atom stereocenters. The van der Waals surface area contributed by atoms with Crippen LogP contribution < -0.4 is 4.74 Å². The lowest BCUT2D eigenvalue weighted by molar-refractivity contribution is 0.340. The van der Waals surface area contributed by atoms with E-state index in [9.17, 15) is 0 Å². The summed E-state index contributed by atoms with van der Waals surface area (Å²) in [5, 5.41) is 0. The molecule has 2 heteroatoms. The summed E-state index contributed by atoms with van der Waals surface area (Å²) in [6.07, 6.45) is 4.20. The molecule has 0 fully saturated rings. The minimum Gasteiger partial charge on any atom is -0.494 e. The highest BCUT2D eigenvalue weighted by Crippen LogP contribution is 2.16. The molecule has 92 valence electrons. The second-order valence-electron chi connectivity index (χ2n) is 3.89. The van der Waals surface area contributed by atoms with Gasteiger partial charge in [-0.2, -0.15) is 0 Å². The van der Waals surface area contributed by atoms with Gasteiger partial charge in [0.25, 0.3) is 0 Å². The van der Waals surface area contributed by atoms with Crippen LogP contribution in [0.1, 0.15) is 18.1 Å². The van der Waals surface area contributed by atoms with Crippen LogP contribution in [0.3, 0.4) is 0 Å². The molecule has 0 aliphatic carbocycles. The molecule has 2 aromatic carbocycles. The molecule has 0 spiro atoms. The van der Waals surface area contributed by atoms with Crippen molar-refractivity contribution in [1.29, 1.82) is 0 Å². The molecular weight excluding hydrogens is 288 g/mol. The predicted molar refractivity (Wildman–Crippen MR) is 80.7 cm³/mol. The number of ether oxygens (including phenoxy) is 1. The number of hydrogen-bond donors (Lipinski definition) is 0. The summed E-state index contributed by atoms with van der Waals surface area (Å²) >= 11 is 3.43. The Kier molecular flexibility index (Phi) is 4.59. The van der Waals surface area contributed by atoms with E-state index in [4.69, 9.17) is 4.74 Å². The van der Waals surface area contributed by atoms with Gasteiger partial charge in [-0.3, -0.25) is 0 Å². The van der Waals surface area contributed by atoms with Gasteiger partial charge in [-0.25, -0.2) is 0 Å². The van der Waals surface area contributed by atoms with Gasteiger partial charge in [0, 0.05) is 4.47 Å². The highest BCUT2D eigenvalue weighted by Gasteiger charge is 1.92. The molecule has 0 bridgehead atoms. The second kappa shape index (κ2) is 6.41. The third-order valence-electron chi connectivity index (χ3n) is 2.53. The largest absolute Gasteiger partial charge is 0.494 e. The maximum Gasteiger partial charge on any atom is 0.119 e. The molecule has 1 nitrogen and oxygen atoms in total. The number of rotatable bonds is 4. The van der Waals surface area contributed by atoms with Gasteiger partial charge >= 0.3 is 0 Å². The van der Waals surface area contributed by atoms with E-state index >= 15 is 0 Å². The normalized spacial score (nSPS) is 10.8. The van der Waals surface area contributed by atoms with E-state index in [1.165, 1.54) is 11.1 Å². The summed E-state index contributed by atoms with van der Waals surface area (Å²) in [5.41, 5.74) is 2.36. The Morgan fingerprint density at radius 3 is 1.89 bits per heavy atom. The van der Waals surface area contributed by atoms with Crippen molar-refractivity contribution in [3.8, 4) is 5.75 Å². The van der Waals surface area contributed by atoms with Crippen molar-refractivity contribution in [2.75, 3.05) is 6.61 Å². The maximum absolute atomic E-state index is 5.41. The van der Waals surface area contributed by atoms with Crippen LogP contribution in [0.5, 0.6) is 5.75 Å². The molecule has 2 rings (SSSR count). The third-order valence-corrected chi connectivity index (χ3v) is 3.06. The van der Waals surface area contributed by atoms with Crippen LogP contribution >= 0.6 is 15.9 Å². The standard InChI is InChI=1S/C16H15BrO/c1-2-18-16-11-7-14(8-12-16)4-3-13-5-9-15(17)10-6-13/h3-12H,2H2,1H3/b4-3+. The highest BCUT2D eigenvalue weighted by atomic mass is 79.9. The monoisotopic (exact) mass is 302 g/mol. The summed E-state index contributed by atoms with van der Waals surface area (Å²) in [7, 11) is 0. The fraction of sp³-hybridized carbons (Fsp3) is 0.125. The lowest BCUT2D eigenvalue weighted by Gasteiger charge is -2.02. The summed E-state index contributed by atoms with van der Waals surface area (Å²) < 4.78 is 6.51. The Hall–Kier alpha value is -1.54. The first-order valence-electron chi connectivity index (χ1n) is 5.94. The van der Waals surface area contributed by atoms with Crippen LogP contribution in [0.2, 0.25) is 0 Å². The van der Waals surface area contributed by atoms with E-state index in [0.29, 0.717) is 6.61 Å². The molecule has 0 radical (unpaired) electrons. The van der Waals surface area contributed by atoms with Gasteiger partial charge in [0.05, 0.1) is 6.61 Å². The zero-order valence-corrected chi connectivity index (χ0v) is 11.9. The van der Waals surface area contributed by atoms with Gasteiger partial charge in [-0.1, -0.05) is 52.3 Å². The topological polar surface area (TPSA) is 9.23 Å². The van der Waals surface area contributed by atoms with Gasteiger partial charge in [-0.05, 0) is 42.3 Å². The summed E-state index contributed by atoms with van der Waals surface area (Å²) in [5.74, 6) is 0.915. The van der Waals surface area contributed by atoms with Gasteiger partial charge in [0.15, 0.2) is 0 Å². The molecule has 0 aliphatic rings. The first kappa shape index (κ1) is 12.9. The maximum atomic E-state index is 5.41. The van der Waals surface area contributed by atoms with Crippen molar-refractivity contribution in [1.82, 2.24) is 0 Å². The molecule has 2 aromatic rings. The minimum atomic E-state index is 0.702. The third kappa shape index (κ3) is 3.74. The fourth-order valence-corrected chi connectivity index (χ4v) is 1.87. The fourth-order valence-electron chi connectivity index (χ4n) is 1.61. The highest BCUT2D eigenvalue weighted by molar-refractivity contribution is 9.10.